The molecule has 2 unspecified atom stereocenters. The monoisotopic (exact) mass is 229 g/mol. The van der Waals surface area contributed by atoms with E-state index in [1.54, 1.807) is 0 Å². The number of nitrogens with two attached hydrogens (primary N) is 1. The summed E-state index contributed by atoms with van der Waals surface area (Å²) >= 11 is 0. The van der Waals surface area contributed by atoms with E-state index in [1.165, 1.54) is 6.07 Å². The number of rotatable bonds is 4. The maximum absolute atomic E-state index is 12.9. The van der Waals surface area contributed by atoms with Crippen molar-refractivity contribution in [2.24, 2.45) is 5.73 Å². The van der Waals surface area contributed by atoms with Crippen molar-refractivity contribution in [2.75, 3.05) is 0 Å². The van der Waals surface area contributed by atoms with Crippen LogP contribution in [0.2, 0.25) is 0 Å². The third kappa shape index (κ3) is 2.91. The van der Waals surface area contributed by atoms with Gasteiger partial charge < -0.3 is 21.1 Å². The van der Waals surface area contributed by atoms with E-state index in [-0.39, 0.29) is 5.56 Å². The van der Waals surface area contributed by atoms with Gasteiger partial charge in [-0.05, 0) is 17.7 Å². The zero-order valence-corrected chi connectivity index (χ0v) is 8.30. The highest BCUT2D eigenvalue weighted by atomic mass is 19.1. The van der Waals surface area contributed by atoms with Crippen LogP contribution in [0.4, 0.5) is 4.39 Å². The van der Waals surface area contributed by atoms with Gasteiger partial charge in [-0.25, -0.2) is 4.39 Å². The van der Waals surface area contributed by atoms with E-state index in [0.29, 0.717) is 0 Å². The third-order valence-corrected chi connectivity index (χ3v) is 2.09. The number of aliphatic hydroxyl groups is 2. The van der Waals surface area contributed by atoms with Crippen LogP contribution in [0.1, 0.15) is 18.1 Å². The molecule has 0 radical (unpaired) electrons. The molecule has 0 saturated carbocycles. The number of phenolic OH excluding ortho intramolecular Hbond substituents is 1. The van der Waals surface area contributed by atoms with Crippen LogP contribution in [-0.4, -0.2) is 27.3 Å². The topological polar surface area (TPSA) is 104 Å². The second-order valence-electron chi connectivity index (χ2n) is 3.39. The minimum atomic E-state index is -1.43. The van der Waals surface area contributed by atoms with E-state index in [1.807, 2.05) is 0 Å². The fraction of sp³-hybridized carbons (Fsp3) is 0.300. The van der Waals surface area contributed by atoms with Gasteiger partial charge in [0.25, 0.3) is 0 Å². The van der Waals surface area contributed by atoms with E-state index in [4.69, 9.17) is 10.8 Å². The van der Waals surface area contributed by atoms with Crippen LogP contribution in [0.25, 0.3) is 0 Å². The molecule has 88 valence electrons. The molecule has 6 heteroatoms. The van der Waals surface area contributed by atoms with Crippen LogP contribution in [0.15, 0.2) is 18.2 Å². The lowest BCUT2D eigenvalue weighted by Crippen LogP contribution is -2.25. The number of halogens is 1. The average Bonchev–Trinajstić information content (AvgIpc) is 2.20. The summed E-state index contributed by atoms with van der Waals surface area (Å²) in [4.78, 5) is 10.5. The van der Waals surface area contributed by atoms with Gasteiger partial charge in [0.1, 0.15) is 6.10 Å². The Morgan fingerprint density at radius 3 is 2.56 bits per heavy atom. The van der Waals surface area contributed by atoms with E-state index >= 15 is 0 Å². The molecule has 0 heterocycles. The number of phenols is 1. The van der Waals surface area contributed by atoms with Gasteiger partial charge in [-0.3, -0.25) is 4.79 Å². The molecule has 0 aromatic heterocycles. The van der Waals surface area contributed by atoms with Crippen molar-refractivity contribution in [1.29, 1.82) is 0 Å². The number of aliphatic hydroxyl groups excluding tert-OH is 2. The van der Waals surface area contributed by atoms with Crippen LogP contribution in [0.5, 0.6) is 5.75 Å². The summed E-state index contributed by atoms with van der Waals surface area (Å²) in [5.74, 6) is -2.24. The van der Waals surface area contributed by atoms with E-state index < -0.39 is 36.1 Å². The first-order valence-corrected chi connectivity index (χ1v) is 4.54. The van der Waals surface area contributed by atoms with Crippen molar-refractivity contribution in [2.45, 2.75) is 18.6 Å². The van der Waals surface area contributed by atoms with Crippen LogP contribution in [-0.2, 0) is 4.79 Å². The highest BCUT2D eigenvalue weighted by Crippen LogP contribution is 2.23. The molecule has 0 bridgehead atoms. The molecule has 1 amide bonds. The summed E-state index contributed by atoms with van der Waals surface area (Å²) in [6, 6.07) is 3.17. The molecule has 1 aromatic rings. The molecule has 0 aliphatic carbocycles. The second-order valence-corrected chi connectivity index (χ2v) is 3.39. The quantitative estimate of drug-likeness (QED) is 0.574. The molecular weight excluding hydrogens is 217 g/mol. The molecule has 5 nitrogen and oxygen atoms in total. The van der Waals surface area contributed by atoms with Crippen LogP contribution in [0.3, 0.4) is 0 Å². The Bertz CT molecular complexity index is 396. The minimum absolute atomic E-state index is 0.0593. The van der Waals surface area contributed by atoms with Crippen molar-refractivity contribution in [3.8, 4) is 5.75 Å². The van der Waals surface area contributed by atoms with E-state index in [2.05, 4.69) is 0 Å². The summed E-state index contributed by atoms with van der Waals surface area (Å²) < 4.78 is 12.9. The number of aromatic hydroxyl groups is 1. The standard InChI is InChI=1S/C10H12FNO4/c11-6-3-5(1-2-7(6)13)10(16)8(14)4-9(12)15/h1-3,8,10,13-14,16H,4H2,(H2,12,15). The maximum atomic E-state index is 12.9. The van der Waals surface area contributed by atoms with Gasteiger partial charge in [0, 0.05) is 0 Å². The molecule has 0 saturated heterocycles. The van der Waals surface area contributed by atoms with Crippen LogP contribution >= 0.6 is 0 Å². The van der Waals surface area contributed by atoms with E-state index in [0.717, 1.165) is 12.1 Å². The van der Waals surface area contributed by atoms with Crippen molar-refractivity contribution in [3.63, 3.8) is 0 Å². The average molecular weight is 229 g/mol. The van der Waals surface area contributed by atoms with Gasteiger partial charge in [0.05, 0.1) is 12.5 Å². The molecule has 0 aliphatic heterocycles. The summed E-state index contributed by atoms with van der Waals surface area (Å²) in [6.45, 7) is 0. The van der Waals surface area contributed by atoms with Gasteiger partial charge >= 0.3 is 0 Å². The lowest BCUT2D eigenvalue weighted by Gasteiger charge is -2.16. The Hall–Kier alpha value is -1.66. The number of primary amides is 1. The Balaban J connectivity index is 2.83. The lowest BCUT2D eigenvalue weighted by atomic mass is 10.0. The van der Waals surface area contributed by atoms with Gasteiger partial charge in [0.2, 0.25) is 5.91 Å². The predicted octanol–water partition coefficient (Wildman–Crippen LogP) is -0.199. The number of carbonyl (C=O) groups is 1. The second kappa shape index (κ2) is 4.91. The van der Waals surface area contributed by atoms with Crippen molar-refractivity contribution >= 4 is 5.91 Å². The molecule has 1 rings (SSSR count). The lowest BCUT2D eigenvalue weighted by molar-refractivity contribution is -0.121. The van der Waals surface area contributed by atoms with E-state index in [9.17, 15) is 19.4 Å². The molecule has 2 atom stereocenters. The maximum Gasteiger partial charge on any atom is 0.220 e. The number of benzene rings is 1. The van der Waals surface area contributed by atoms with Crippen molar-refractivity contribution in [1.82, 2.24) is 0 Å². The summed E-state index contributed by atoms with van der Waals surface area (Å²) in [5.41, 5.74) is 4.90. The summed E-state index contributed by atoms with van der Waals surface area (Å²) in [6.07, 6.45) is -3.26. The first kappa shape index (κ1) is 12.4. The molecular formula is C10H12FNO4. The zero-order valence-electron chi connectivity index (χ0n) is 8.30. The predicted molar refractivity (Wildman–Crippen MR) is 52.8 cm³/mol. The normalized spacial score (nSPS) is 14.4. The molecule has 0 spiro atoms. The van der Waals surface area contributed by atoms with Crippen LogP contribution < -0.4 is 5.73 Å². The van der Waals surface area contributed by atoms with Gasteiger partial charge in [0.15, 0.2) is 11.6 Å². The number of carbonyl (C=O) groups excluding carboxylic acids is 1. The number of hydrogen-bond donors (Lipinski definition) is 4. The zero-order chi connectivity index (χ0) is 12.3. The number of hydrogen-bond acceptors (Lipinski definition) is 4. The van der Waals surface area contributed by atoms with Gasteiger partial charge in [-0.15, -0.1) is 0 Å². The fourth-order valence-corrected chi connectivity index (χ4v) is 1.25. The van der Waals surface area contributed by atoms with Gasteiger partial charge in [-0.1, -0.05) is 6.07 Å². The molecule has 16 heavy (non-hydrogen) atoms. The van der Waals surface area contributed by atoms with Gasteiger partial charge in [-0.2, -0.15) is 0 Å². The van der Waals surface area contributed by atoms with Crippen molar-refractivity contribution in [3.05, 3.63) is 29.6 Å². The third-order valence-electron chi connectivity index (χ3n) is 2.09. The Kier molecular flexibility index (Phi) is 3.81. The molecule has 1 aromatic carbocycles. The summed E-state index contributed by atoms with van der Waals surface area (Å²) in [7, 11) is 0. The van der Waals surface area contributed by atoms with Crippen molar-refractivity contribution < 1.29 is 24.5 Å². The Morgan fingerprint density at radius 2 is 2.06 bits per heavy atom. The first-order valence-electron chi connectivity index (χ1n) is 4.54. The molecule has 5 N–H and O–H groups in total. The first-order chi connectivity index (χ1) is 7.41. The Labute approximate surface area is 90.9 Å². The number of amides is 1. The SMILES string of the molecule is NC(=O)CC(O)C(O)c1ccc(O)c(F)c1. The highest BCUT2D eigenvalue weighted by Gasteiger charge is 2.21. The highest BCUT2D eigenvalue weighted by molar-refractivity contribution is 5.74. The van der Waals surface area contributed by atoms with Crippen LogP contribution in [0, 0.1) is 5.82 Å². The Morgan fingerprint density at radius 1 is 1.44 bits per heavy atom. The fourth-order valence-electron chi connectivity index (χ4n) is 1.25. The molecule has 0 aliphatic rings. The minimum Gasteiger partial charge on any atom is -0.505 e. The molecule has 0 fully saturated rings. The largest absolute Gasteiger partial charge is 0.505 e. The smallest absolute Gasteiger partial charge is 0.220 e. The summed E-state index contributed by atoms with van der Waals surface area (Å²) in [5, 5.41) is 27.8.